The second-order valence-electron chi connectivity index (χ2n) is 5.21. The smallest absolute Gasteiger partial charge is 0.255 e. The lowest BCUT2D eigenvalue weighted by atomic mass is 10.0. The molecular formula is C17H22N2O2. The predicted molar refractivity (Wildman–Crippen MR) is 83.0 cm³/mol. The van der Waals surface area contributed by atoms with Gasteiger partial charge in [-0.2, -0.15) is 0 Å². The van der Waals surface area contributed by atoms with Crippen LogP contribution in [0.15, 0.2) is 18.2 Å². The van der Waals surface area contributed by atoms with E-state index in [4.69, 9.17) is 10.5 Å². The molecule has 1 aliphatic heterocycles. The molecule has 0 radical (unpaired) electrons. The normalized spacial score (nSPS) is 18.0. The third kappa shape index (κ3) is 3.84. The Morgan fingerprint density at radius 2 is 2.33 bits per heavy atom. The summed E-state index contributed by atoms with van der Waals surface area (Å²) in [6, 6.07) is 5.74. The van der Waals surface area contributed by atoms with Crippen LogP contribution in [0.1, 0.15) is 34.8 Å². The van der Waals surface area contributed by atoms with Gasteiger partial charge in [-0.1, -0.05) is 24.8 Å². The number of carbonyl (C=O) groups excluding carboxylic acids is 1. The lowest BCUT2D eigenvalue weighted by Gasteiger charge is -2.32. The van der Waals surface area contributed by atoms with E-state index in [1.54, 1.807) is 0 Å². The first-order chi connectivity index (χ1) is 10.2. The number of benzene rings is 1. The molecule has 1 unspecified atom stereocenters. The molecule has 1 aromatic carbocycles. The molecular weight excluding hydrogens is 264 g/mol. The Morgan fingerprint density at radius 3 is 3.05 bits per heavy atom. The minimum Gasteiger partial charge on any atom is -0.375 e. The van der Waals surface area contributed by atoms with E-state index in [0.29, 0.717) is 25.3 Å². The molecule has 0 aromatic heterocycles. The van der Waals surface area contributed by atoms with E-state index in [9.17, 15) is 4.79 Å². The second-order valence-corrected chi connectivity index (χ2v) is 5.21. The first-order valence-electron chi connectivity index (χ1n) is 7.36. The van der Waals surface area contributed by atoms with Crippen LogP contribution in [-0.2, 0) is 4.74 Å². The molecule has 0 spiro atoms. The summed E-state index contributed by atoms with van der Waals surface area (Å²) in [6.07, 6.45) is 1.05. The van der Waals surface area contributed by atoms with Crippen molar-refractivity contribution < 1.29 is 9.53 Å². The molecule has 0 bridgehead atoms. The minimum atomic E-state index is 0.0260. The van der Waals surface area contributed by atoms with Crippen LogP contribution in [0.25, 0.3) is 0 Å². The molecule has 1 aromatic rings. The fourth-order valence-corrected chi connectivity index (χ4v) is 2.42. The summed E-state index contributed by atoms with van der Waals surface area (Å²) >= 11 is 0. The third-order valence-corrected chi connectivity index (χ3v) is 3.61. The van der Waals surface area contributed by atoms with Crippen LogP contribution in [0.3, 0.4) is 0 Å². The first-order valence-corrected chi connectivity index (χ1v) is 7.36. The number of amides is 1. The van der Waals surface area contributed by atoms with Gasteiger partial charge in [-0.25, -0.2) is 0 Å². The molecule has 1 fully saturated rings. The molecule has 0 saturated carbocycles. The Bertz CT molecular complexity index is 572. The van der Waals surface area contributed by atoms with Gasteiger partial charge in [-0.15, -0.1) is 0 Å². The Morgan fingerprint density at radius 1 is 1.52 bits per heavy atom. The van der Waals surface area contributed by atoms with Gasteiger partial charge in [-0.05, 0) is 31.0 Å². The molecule has 4 nitrogen and oxygen atoms in total. The maximum atomic E-state index is 12.7. The van der Waals surface area contributed by atoms with Crippen molar-refractivity contribution in [2.45, 2.75) is 26.4 Å². The summed E-state index contributed by atoms with van der Waals surface area (Å²) in [5.41, 5.74) is 7.92. The molecule has 4 heteroatoms. The van der Waals surface area contributed by atoms with Crippen molar-refractivity contribution in [3.63, 3.8) is 0 Å². The van der Waals surface area contributed by atoms with E-state index >= 15 is 0 Å². The van der Waals surface area contributed by atoms with Crippen molar-refractivity contribution in [3.8, 4) is 11.8 Å². The van der Waals surface area contributed by atoms with Gasteiger partial charge in [-0.3, -0.25) is 4.79 Å². The molecule has 1 heterocycles. The first kappa shape index (κ1) is 15.6. The van der Waals surface area contributed by atoms with Crippen LogP contribution in [0, 0.1) is 18.8 Å². The number of aryl methyl sites for hydroxylation is 1. The van der Waals surface area contributed by atoms with Crippen molar-refractivity contribution in [2.75, 3.05) is 26.2 Å². The van der Waals surface area contributed by atoms with Crippen LogP contribution < -0.4 is 5.73 Å². The van der Waals surface area contributed by atoms with E-state index in [0.717, 1.165) is 17.5 Å². The van der Waals surface area contributed by atoms with E-state index in [2.05, 4.69) is 18.8 Å². The number of hydrogen-bond acceptors (Lipinski definition) is 3. The lowest BCUT2D eigenvalue weighted by molar-refractivity contribution is -0.0226. The maximum Gasteiger partial charge on any atom is 0.255 e. The fourth-order valence-electron chi connectivity index (χ4n) is 2.42. The highest BCUT2D eigenvalue weighted by Crippen LogP contribution is 2.16. The average Bonchev–Trinajstić information content (AvgIpc) is 2.52. The maximum absolute atomic E-state index is 12.7. The highest BCUT2D eigenvalue weighted by atomic mass is 16.5. The number of ether oxygens (including phenoxy) is 1. The van der Waals surface area contributed by atoms with E-state index in [-0.39, 0.29) is 18.6 Å². The summed E-state index contributed by atoms with van der Waals surface area (Å²) < 4.78 is 5.62. The SMILES string of the molecule is CCC1CN(C(=O)c2ccc(C)cc2C#CCN)CCO1. The monoisotopic (exact) mass is 286 g/mol. The highest BCUT2D eigenvalue weighted by molar-refractivity contribution is 5.97. The lowest BCUT2D eigenvalue weighted by Crippen LogP contribution is -2.45. The Labute approximate surface area is 126 Å². The van der Waals surface area contributed by atoms with Gasteiger partial charge in [0.2, 0.25) is 0 Å². The van der Waals surface area contributed by atoms with Crippen LogP contribution >= 0.6 is 0 Å². The van der Waals surface area contributed by atoms with Crippen LogP contribution in [-0.4, -0.2) is 43.2 Å². The van der Waals surface area contributed by atoms with E-state index < -0.39 is 0 Å². The van der Waals surface area contributed by atoms with Gasteiger partial charge in [0.25, 0.3) is 5.91 Å². The molecule has 21 heavy (non-hydrogen) atoms. The molecule has 1 saturated heterocycles. The van der Waals surface area contributed by atoms with Crippen molar-refractivity contribution in [1.29, 1.82) is 0 Å². The number of nitrogens with zero attached hydrogens (tertiary/aromatic N) is 1. The molecule has 2 N–H and O–H groups in total. The zero-order valence-electron chi connectivity index (χ0n) is 12.7. The van der Waals surface area contributed by atoms with Gasteiger partial charge in [0.05, 0.1) is 24.8 Å². The van der Waals surface area contributed by atoms with Crippen molar-refractivity contribution >= 4 is 5.91 Å². The van der Waals surface area contributed by atoms with E-state index in [1.165, 1.54) is 0 Å². The Hall–Kier alpha value is -1.83. The summed E-state index contributed by atoms with van der Waals surface area (Å²) in [5, 5.41) is 0. The van der Waals surface area contributed by atoms with Crippen LogP contribution in [0.2, 0.25) is 0 Å². The largest absolute Gasteiger partial charge is 0.375 e. The molecule has 1 atom stereocenters. The number of nitrogens with two attached hydrogens (primary N) is 1. The van der Waals surface area contributed by atoms with Gasteiger partial charge in [0, 0.05) is 18.7 Å². The van der Waals surface area contributed by atoms with Gasteiger partial charge in [0.1, 0.15) is 0 Å². The Kier molecular flexibility index (Phi) is 5.38. The number of morpholine rings is 1. The molecule has 1 amide bonds. The molecule has 1 aliphatic rings. The predicted octanol–water partition coefficient (Wildman–Crippen LogP) is 1.56. The number of hydrogen-bond donors (Lipinski definition) is 1. The third-order valence-electron chi connectivity index (χ3n) is 3.61. The average molecular weight is 286 g/mol. The van der Waals surface area contributed by atoms with Gasteiger partial charge in [0.15, 0.2) is 0 Å². The molecule has 112 valence electrons. The number of carbonyl (C=O) groups is 1. The summed E-state index contributed by atoms with van der Waals surface area (Å²) in [4.78, 5) is 14.6. The fraction of sp³-hybridized carbons (Fsp3) is 0.471. The molecule has 0 aliphatic carbocycles. The van der Waals surface area contributed by atoms with Crippen LogP contribution in [0.4, 0.5) is 0 Å². The highest BCUT2D eigenvalue weighted by Gasteiger charge is 2.25. The topological polar surface area (TPSA) is 55.6 Å². The van der Waals surface area contributed by atoms with Crippen LogP contribution in [0.5, 0.6) is 0 Å². The van der Waals surface area contributed by atoms with Crippen molar-refractivity contribution in [1.82, 2.24) is 4.90 Å². The minimum absolute atomic E-state index is 0.0260. The van der Waals surface area contributed by atoms with Crippen molar-refractivity contribution in [2.24, 2.45) is 5.73 Å². The second kappa shape index (κ2) is 7.26. The molecule has 2 rings (SSSR count). The zero-order chi connectivity index (χ0) is 15.2. The number of rotatable bonds is 2. The van der Waals surface area contributed by atoms with E-state index in [1.807, 2.05) is 30.0 Å². The zero-order valence-corrected chi connectivity index (χ0v) is 12.7. The van der Waals surface area contributed by atoms with Gasteiger partial charge < -0.3 is 15.4 Å². The standard InChI is InChI=1S/C17H22N2O2/c1-3-15-12-19(9-10-21-15)17(20)16-7-6-13(2)11-14(16)5-4-8-18/h6-7,11,15H,3,8-10,12,18H2,1-2H3. The summed E-state index contributed by atoms with van der Waals surface area (Å²) in [5.74, 6) is 5.86. The summed E-state index contributed by atoms with van der Waals surface area (Å²) in [6.45, 7) is 6.23. The van der Waals surface area contributed by atoms with Gasteiger partial charge >= 0.3 is 0 Å². The summed E-state index contributed by atoms with van der Waals surface area (Å²) in [7, 11) is 0. The van der Waals surface area contributed by atoms with Crippen molar-refractivity contribution in [3.05, 3.63) is 34.9 Å². The Balaban J connectivity index is 2.26. The quantitative estimate of drug-likeness (QED) is 0.839.